The SMILES string of the molecule is CCCCCCCCCC(O)c1ccc2c(Cl)cc(Cl)c(O)c2n1. The van der Waals surface area contributed by atoms with Crippen molar-refractivity contribution < 1.29 is 10.2 Å². The zero-order chi connectivity index (χ0) is 17.5. The van der Waals surface area contributed by atoms with Crippen molar-refractivity contribution in [2.24, 2.45) is 0 Å². The lowest BCUT2D eigenvalue weighted by molar-refractivity contribution is 0.159. The van der Waals surface area contributed by atoms with E-state index in [1.807, 2.05) is 0 Å². The number of nitrogens with zero attached hydrogens (tertiary/aromatic N) is 1. The Morgan fingerprint density at radius 1 is 1.00 bits per heavy atom. The normalized spacial score (nSPS) is 12.7. The zero-order valence-corrected chi connectivity index (χ0v) is 15.6. The molecule has 0 fully saturated rings. The molecule has 0 spiro atoms. The average molecular weight is 370 g/mol. The molecule has 1 aromatic heterocycles. The zero-order valence-electron chi connectivity index (χ0n) is 14.1. The highest BCUT2D eigenvalue weighted by Crippen LogP contribution is 2.37. The summed E-state index contributed by atoms with van der Waals surface area (Å²) in [5.41, 5.74) is 0.880. The van der Waals surface area contributed by atoms with Gasteiger partial charge in [0.05, 0.1) is 21.8 Å². The Labute approximate surface area is 153 Å². The highest BCUT2D eigenvalue weighted by atomic mass is 35.5. The molecule has 0 amide bonds. The van der Waals surface area contributed by atoms with E-state index in [1.54, 1.807) is 12.1 Å². The number of hydrogen-bond donors (Lipinski definition) is 2. The van der Waals surface area contributed by atoms with Gasteiger partial charge < -0.3 is 10.2 Å². The minimum Gasteiger partial charge on any atom is -0.504 e. The topological polar surface area (TPSA) is 53.4 Å². The van der Waals surface area contributed by atoms with E-state index < -0.39 is 6.10 Å². The highest BCUT2D eigenvalue weighted by Gasteiger charge is 2.14. The van der Waals surface area contributed by atoms with Crippen molar-refractivity contribution in [1.82, 2.24) is 4.98 Å². The number of halogens is 2. The number of pyridine rings is 1. The number of aromatic nitrogens is 1. The van der Waals surface area contributed by atoms with Gasteiger partial charge in [0.25, 0.3) is 0 Å². The van der Waals surface area contributed by atoms with Gasteiger partial charge in [0.1, 0.15) is 5.52 Å². The Morgan fingerprint density at radius 2 is 1.67 bits per heavy atom. The number of hydrogen-bond acceptors (Lipinski definition) is 3. The molecular weight excluding hydrogens is 345 g/mol. The van der Waals surface area contributed by atoms with Crippen molar-refractivity contribution in [2.45, 2.75) is 64.4 Å². The van der Waals surface area contributed by atoms with Crippen molar-refractivity contribution in [1.29, 1.82) is 0 Å². The maximum atomic E-state index is 10.3. The van der Waals surface area contributed by atoms with Crippen LogP contribution < -0.4 is 0 Å². The van der Waals surface area contributed by atoms with Crippen LogP contribution in [-0.4, -0.2) is 15.2 Å². The minimum absolute atomic E-state index is 0.0963. The van der Waals surface area contributed by atoms with Gasteiger partial charge in [-0.05, 0) is 24.6 Å². The van der Waals surface area contributed by atoms with Crippen LogP contribution in [0.3, 0.4) is 0 Å². The highest BCUT2D eigenvalue weighted by molar-refractivity contribution is 6.39. The monoisotopic (exact) mass is 369 g/mol. The molecule has 1 heterocycles. The molecule has 0 aliphatic heterocycles. The number of phenolic OH excluding ortho intramolecular Hbond substituents is 1. The minimum atomic E-state index is -0.637. The number of aliphatic hydroxyl groups is 1. The first kappa shape index (κ1) is 19.3. The number of unbranched alkanes of at least 4 members (excludes halogenated alkanes) is 6. The first-order chi connectivity index (χ1) is 11.5. The summed E-state index contributed by atoms with van der Waals surface area (Å²) in [6.45, 7) is 2.21. The van der Waals surface area contributed by atoms with E-state index in [4.69, 9.17) is 23.2 Å². The van der Waals surface area contributed by atoms with Gasteiger partial charge in [0, 0.05) is 5.39 Å². The molecule has 0 radical (unpaired) electrons. The number of phenols is 1. The second kappa shape index (κ2) is 9.45. The van der Waals surface area contributed by atoms with E-state index in [0.29, 0.717) is 28.0 Å². The Kier molecular flexibility index (Phi) is 7.60. The molecule has 1 atom stereocenters. The molecule has 0 aliphatic rings. The number of fused-ring (bicyclic) bond motifs is 1. The molecule has 3 nitrogen and oxygen atoms in total. The van der Waals surface area contributed by atoms with E-state index >= 15 is 0 Å². The van der Waals surface area contributed by atoms with E-state index in [0.717, 1.165) is 12.8 Å². The second-order valence-electron chi connectivity index (χ2n) is 6.25. The first-order valence-electron chi connectivity index (χ1n) is 8.70. The molecular formula is C19H25Cl2NO2. The van der Waals surface area contributed by atoms with Crippen LogP contribution >= 0.6 is 23.2 Å². The van der Waals surface area contributed by atoms with Gasteiger partial charge in [-0.2, -0.15) is 0 Å². The lowest BCUT2D eigenvalue weighted by Gasteiger charge is -2.12. The molecule has 2 aromatic rings. The van der Waals surface area contributed by atoms with E-state index in [-0.39, 0.29) is 10.8 Å². The fourth-order valence-corrected chi connectivity index (χ4v) is 3.36. The summed E-state index contributed by atoms with van der Waals surface area (Å²) in [7, 11) is 0. The summed E-state index contributed by atoms with van der Waals surface area (Å²) < 4.78 is 0. The Morgan fingerprint density at radius 3 is 2.38 bits per heavy atom. The van der Waals surface area contributed by atoms with E-state index in [1.165, 1.54) is 38.2 Å². The van der Waals surface area contributed by atoms with Crippen LogP contribution in [-0.2, 0) is 0 Å². The van der Waals surface area contributed by atoms with E-state index in [2.05, 4.69) is 11.9 Å². The van der Waals surface area contributed by atoms with Gasteiger partial charge >= 0.3 is 0 Å². The van der Waals surface area contributed by atoms with Crippen molar-refractivity contribution in [3.63, 3.8) is 0 Å². The fraction of sp³-hybridized carbons (Fsp3) is 0.526. The third-order valence-electron chi connectivity index (χ3n) is 4.30. The molecule has 132 valence electrons. The van der Waals surface area contributed by atoms with Gasteiger partial charge in [-0.3, -0.25) is 0 Å². The van der Waals surface area contributed by atoms with Gasteiger partial charge in [-0.1, -0.05) is 75.1 Å². The second-order valence-corrected chi connectivity index (χ2v) is 7.06. The maximum Gasteiger partial charge on any atom is 0.160 e. The van der Waals surface area contributed by atoms with Gasteiger partial charge in [0.2, 0.25) is 0 Å². The number of benzene rings is 1. The van der Waals surface area contributed by atoms with Gasteiger partial charge in [-0.25, -0.2) is 4.98 Å². The number of aliphatic hydroxyl groups excluding tert-OH is 1. The third-order valence-corrected chi connectivity index (χ3v) is 4.90. The van der Waals surface area contributed by atoms with Crippen LogP contribution in [0.15, 0.2) is 18.2 Å². The predicted molar refractivity (Wildman–Crippen MR) is 101 cm³/mol. The Bertz CT molecular complexity index is 676. The van der Waals surface area contributed by atoms with Crippen LogP contribution in [0, 0.1) is 0 Å². The Balaban J connectivity index is 1.95. The summed E-state index contributed by atoms with van der Waals surface area (Å²) in [6, 6.07) is 5.02. The quantitative estimate of drug-likeness (QED) is 0.501. The summed E-state index contributed by atoms with van der Waals surface area (Å²) >= 11 is 12.1. The number of rotatable bonds is 9. The first-order valence-corrected chi connectivity index (χ1v) is 9.45. The fourth-order valence-electron chi connectivity index (χ4n) is 2.85. The average Bonchev–Trinajstić information content (AvgIpc) is 2.58. The molecule has 0 saturated heterocycles. The summed E-state index contributed by atoms with van der Waals surface area (Å²) in [4.78, 5) is 4.37. The van der Waals surface area contributed by atoms with Crippen molar-refractivity contribution in [3.05, 3.63) is 33.9 Å². The molecule has 0 saturated carbocycles. The Hall–Kier alpha value is -1.03. The molecule has 2 rings (SSSR count). The molecule has 5 heteroatoms. The van der Waals surface area contributed by atoms with Crippen molar-refractivity contribution in [2.75, 3.05) is 0 Å². The standard InChI is InChI=1S/C19H25Cl2NO2/c1-2-3-4-5-6-7-8-9-17(23)16-11-10-13-14(20)12-15(21)19(24)18(13)22-16/h10-12,17,23-24H,2-9H2,1H3. The predicted octanol–water partition coefficient (Wildman–Crippen LogP) is 6.42. The van der Waals surface area contributed by atoms with Crippen LogP contribution in [0.2, 0.25) is 10.0 Å². The van der Waals surface area contributed by atoms with Gasteiger partial charge in [-0.15, -0.1) is 0 Å². The number of aromatic hydroxyl groups is 1. The van der Waals surface area contributed by atoms with Crippen LogP contribution in [0.5, 0.6) is 5.75 Å². The smallest absolute Gasteiger partial charge is 0.160 e. The maximum absolute atomic E-state index is 10.3. The summed E-state index contributed by atoms with van der Waals surface area (Å²) in [6.07, 6.45) is 8.46. The van der Waals surface area contributed by atoms with Crippen molar-refractivity contribution >= 4 is 34.1 Å². The van der Waals surface area contributed by atoms with Crippen LogP contribution in [0.4, 0.5) is 0 Å². The molecule has 1 unspecified atom stereocenters. The molecule has 0 bridgehead atoms. The lowest BCUT2D eigenvalue weighted by atomic mass is 10.0. The van der Waals surface area contributed by atoms with Crippen LogP contribution in [0.25, 0.3) is 10.9 Å². The molecule has 2 N–H and O–H groups in total. The lowest BCUT2D eigenvalue weighted by Crippen LogP contribution is -2.01. The van der Waals surface area contributed by atoms with E-state index in [9.17, 15) is 10.2 Å². The molecule has 1 aromatic carbocycles. The largest absolute Gasteiger partial charge is 0.504 e. The summed E-state index contributed by atoms with van der Waals surface area (Å²) in [5, 5.41) is 21.6. The third kappa shape index (κ3) is 4.98. The van der Waals surface area contributed by atoms with Gasteiger partial charge in [0.15, 0.2) is 5.75 Å². The van der Waals surface area contributed by atoms with Crippen LogP contribution in [0.1, 0.15) is 70.1 Å². The summed E-state index contributed by atoms with van der Waals surface area (Å²) in [5.74, 6) is -0.0963. The molecule has 0 aliphatic carbocycles. The van der Waals surface area contributed by atoms with Crippen molar-refractivity contribution in [3.8, 4) is 5.75 Å². The molecule has 24 heavy (non-hydrogen) atoms.